The van der Waals surface area contributed by atoms with E-state index >= 15 is 0 Å². The van der Waals surface area contributed by atoms with Crippen LogP contribution in [0, 0.1) is 12.8 Å². The van der Waals surface area contributed by atoms with Gasteiger partial charge in [0.15, 0.2) is 0 Å². The van der Waals surface area contributed by atoms with Crippen LogP contribution in [0.25, 0.3) is 0 Å². The van der Waals surface area contributed by atoms with Crippen LogP contribution >= 0.6 is 0 Å². The maximum atomic E-state index is 11.9. The summed E-state index contributed by atoms with van der Waals surface area (Å²) in [6, 6.07) is 3.74. The second kappa shape index (κ2) is 5.17. The molecule has 0 spiro atoms. The minimum atomic E-state index is -0.0340. The molecule has 0 aromatic carbocycles. The molecule has 2 amide bonds. The minimum absolute atomic E-state index is 0.0340. The lowest BCUT2D eigenvalue weighted by Gasteiger charge is -2.30. The van der Waals surface area contributed by atoms with Crippen molar-refractivity contribution < 1.29 is 4.79 Å². The first-order valence-electron chi connectivity index (χ1n) is 6.14. The van der Waals surface area contributed by atoms with Gasteiger partial charge < -0.3 is 4.90 Å². The molecule has 1 saturated heterocycles. The molecule has 1 aliphatic heterocycles. The average Bonchev–Trinajstić information content (AvgIpc) is 2.33. The molecule has 2 rings (SSSR count). The summed E-state index contributed by atoms with van der Waals surface area (Å²) in [5.74, 6) is 1.36. The third-order valence-corrected chi connectivity index (χ3v) is 3.22. The SMILES string of the molecule is Cc1ccc(NC(=O)N2CCC(C)CC2)nc1. The predicted molar refractivity (Wildman–Crippen MR) is 68.0 cm³/mol. The molecule has 0 saturated carbocycles. The molecular weight excluding hydrogens is 214 g/mol. The lowest BCUT2D eigenvalue weighted by Crippen LogP contribution is -2.40. The van der Waals surface area contributed by atoms with Crippen LogP contribution in [-0.4, -0.2) is 29.0 Å². The number of pyridine rings is 1. The second-order valence-electron chi connectivity index (χ2n) is 4.82. The van der Waals surface area contributed by atoms with Crippen LogP contribution in [0.1, 0.15) is 25.3 Å². The van der Waals surface area contributed by atoms with Gasteiger partial charge in [0.25, 0.3) is 0 Å². The van der Waals surface area contributed by atoms with Gasteiger partial charge in [0.05, 0.1) is 0 Å². The molecular formula is C13H19N3O. The molecule has 1 aromatic rings. The smallest absolute Gasteiger partial charge is 0.323 e. The zero-order valence-corrected chi connectivity index (χ0v) is 10.4. The number of likely N-dealkylation sites (tertiary alicyclic amines) is 1. The van der Waals surface area contributed by atoms with Gasteiger partial charge in [0, 0.05) is 19.3 Å². The minimum Gasteiger partial charge on any atom is -0.324 e. The van der Waals surface area contributed by atoms with Crippen molar-refractivity contribution in [2.75, 3.05) is 18.4 Å². The molecule has 1 aromatic heterocycles. The number of urea groups is 1. The second-order valence-corrected chi connectivity index (χ2v) is 4.82. The molecule has 1 aliphatic rings. The molecule has 0 atom stereocenters. The van der Waals surface area contributed by atoms with Gasteiger partial charge in [-0.05, 0) is 37.3 Å². The first-order valence-corrected chi connectivity index (χ1v) is 6.14. The fraction of sp³-hybridized carbons (Fsp3) is 0.538. The molecule has 0 bridgehead atoms. The van der Waals surface area contributed by atoms with Crippen molar-refractivity contribution in [1.29, 1.82) is 0 Å². The third-order valence-electron chi connectivity index (χ3n) is 3.22. The molecule has 1 N–H and O–H groups in total. The Morgan fingerprint density at radius 2 is 2.12 bits per heavy atom. The molecule has 4 heteroatoms. The maximum Gasteiger partial charge on any atom is 0.323 e. The number of hydrogen-bond acceptors (Lipinski definition) is 2. The highest BCUT2D eigenvalue weighted by atomic mass is 16.2. The Labute approximate surface area is 102 Å². The normalized spacial score (nSPS) is 16.9. The number of aromatic nitrogens is 1. The highest BCUT2D eigenvalue weighted by molar-refractivity contribution is 5.88. The van der Waals surface area contributed by atoms with Crippen molar-refractivity contribution in [3.63, 3.8) is 0 Å². The summed E-state index contributed by atoms with van der Waals surface area (Å²) in [4.78, 5) is 18.0. The Morgan fingerprint density at radius 3 is 2.71 bits per heavy atom. The number of carbonyl (C=O) groups excluding carboxylic acids is 1. The van der Waals surface area contributed by atoms with E-state index in [0.717, 1.165) is 37.4 Å². The van der Waals surface area contributed by atoms with E-state index in [-0.39, 0.29) is 6.03 Å². The van der Waals surface area contributed by atoms with Gasteiger partial charge in [0.1, 0.15) is 5.82 Å². The largest absolute Gasteiger partial charge is 0.324 e. The van der Waals surface area contributed by atoms with Crippen LogP contribution in [0.3, 0.4) is 0 Å². The van der Waals surface area contributed by atoms with Crippen molar-refractivity contribution in [1.82, 2.24) is 9.88 Å². The fourth-order valence-corrected chi connectivity index (χ4v) is 1.94. The number of amides is 2. The number of nitrogens with one attached hydrogen (secondary N) is 1. The van der Waals surface area contributed by atoms with Gasteiger partial charge >= 0.3 is 6.03 Å². The quantitative estimate of drug-likeness (QED) is 0.810. The highest BCUT2D eigenvalue weighted by Crippen LogP contribution is 2.16. The predicted octanol–water partition coefficient (Wildman–Crippen LogP) is 2.65. The first-order chi connectivity index (χ1) is 8.15. The number of aryl methyl sites for hydroxylation is 1. The summed E-state index contributed by atoms with van der Waals surface area (Å²) in [6.07, 6.45) is 3.94. The van der Waals surface area contributed by atoms with Crippen LogP contribution in [0.15, 0.2) is 18.3 Å². The number of anilines is 1. The number of nitrogens with zero attached hydrogens (tertiary/aromatic N) is 2. The van der Waals surface area contributed by atoms with Crippen LogP contribution in [-0.2, 0) is 0 Å². The molecule has 92 valence electrons. The third kappa shape index (κ3) is 3.19. The Kier molecular flexibility index (Phi) is 3.61. The topological polar surface area (TPSA) is 45.2 Å². The van der Waals surface area contributed by atoms with Gasteiger partial charge in [0.2, 0.25) is 0 Å². The Morgan fingerprint density at radius 1 is 1.41 bits per heavy atom. The molecule has 1 fully saturated rings. The molecule has 17 heavy (non-hydrogen) atoms. The highest BCUT2D eigenvalue weighted by Gasteiger charge is 2.20. The molecule has 0 radical (unpaired) electrons. The van der Waals surface area contributed by atoms with Gasteiger partial charge in [-0.15, -0.1) is 0 Å². The lowest BCUT2D eigenvalue weighted by molar-refractivity contribution is 0.186. The van der Waals surface area contributed by atoms with E-state index in [1.54, 1.807) is 6.20 Å². The summed E-state index contributed by atoms with van der Waals surface area (Å²) in [6.45, 7) is 5.90. The molecule has 0 aliphatic carbocycles. The van der Waals surface area contributed by atoms with Crippen LogP contribution in [0.4, 0.5) is 10.6 Å². The number of hydrogen-bond donors (Lipinski definition) is 1. The van der Waals surface area contributed by atoms with Gasteiger partial charge in [-0.2, -0.15) is 0 Å². The van der Waals surface area contributed by atoms with Crippen molar-refractivity contribution in [3.8, 4) is 0 Å². The van der Waals surface area contributed by atoms with Crippen molar-refractivity contribution >= 4 is 11.8 Å². The Balaban J connectivity index is 1.90. The Bertz CT molecular complexity index is 380. The molecule has 4 nitrogen and oxygen atoms in total. The zero-order valence-electron chi connectivity index (χ0n) is 10.4. The van der Waals surface area contributed by atoms with Crippen LogP contribution < -0.4 is 5.32 Å². The van der Waals surface area contributed by atoms with Crippen LogP contribution in [0.2, 0.25) is 0 Å². The van der Waals surface area contributed by atoms with Gasteiger partial charge in [-0.1, -0.05) is 13.0 Å². The van der Waals surface area contributed by atoms with Gasteiger partial charge in [-0.3, -0.25) is 5.32 Å². The van der Waals surface area contributed by atoms with Gasteiger partial charge in [-0.25, -0.2) is 9.78 Å². The number of carbonyl (C=O) groups is 1. The average molecular weight is 233 g/mol. The van der Waals surface area contributed by atoms with E-state index < -0.39 is 0 Å². The summed E-state index contributed by atoms with van der Waals surface area (Å²) in [7, 11) is 0. The van der Waals surface area contributed by atoms with E-state index in [1.165, 1.54) is 0 Å². The summed E-state index contributed by atoms with van der Waals surface area (Å²) >= 11 is 0. The monoisotopic (exact) mass is 233 g/mol. The molecule has 0 unspecified atom stereocenters. The van der Waals surface area contributed by atoms with Crippen LogP contribution in [0.5, 0.6) is 0 Å². The zero-order chi connectivity index (χ0) is 12.3. The van der Waals surface area contributed by atoms with E-state index in [2.05, 4.69) is 17.2 Å². The Hall–Kier alpha value is -1.58. The van der Waals surface area contributed by atoms with Crippen molar-refractivity contribution in [3.05, 3.63) is 23.9 Å². The maximum absolute atomic E-state index is 11.9. The first kappa shape index (κ1) is 11.9. The van der Waals surface area contributed by atoms with Crippen molar-refractivity contribution in [2.45, 2.75) is 26.7 Å². The fourth-order valence-electron chi connectivity index (χ4n) is 1.94. The standard InChI is InChI=1S/C13H19N3O/c1-10-5-7-16(8-6-10)13(17)15-12-4-3-11(2)9-14-12/h3-4,9-10H,5-8H2,1-2H3,(H,14,15,17). The number of piperidine rings is 1. The van der Waals surface area contributed by atoms with Crippen molar-refractivity contribution in [2.24, 2.45) is 5.92 Å². The summed E-state index contributed by atoms with van der Waals surface area (Å²) < 4.78 is 0. The van der Waals surface area contributed by atoms with E-state index in [0.29, 0.717) is 5.82 Å². The number of rotatable bonds is 1. The van der Waals surface area contributed by atoms with E-state index in [9.17, 15) is 4.79 Å². The van der Waals surface area contributed by atoms with E-state index in [1.807, 2.05) is 24.0 Å². The summed E-state index contributed by atoms with van der Waals surface area (Å²) in [5.41, 5.74) is 1.09. The summed E-state index contributed by atoms with van der Waals surface area (Å²) in [5, 5.41) is 2.83. The molecule has 2 heterocycles. The van der Waals surface area contributed by atoms with E-state index in [4.69, 9.17) is 0 Å². The lowest BCUT2D eigenvalue weighted by atomic mass is 10.00.